The average Bonchev–Trinajstić information content (AvgIpc) is 3.84. The maximum atomic E-state index is 6.50. The number of fused-ring (bicyclic) bond motifs is 6. The summed E-state index contributed by atoms with van der Waals surface area (Å²) in [5.41, 5.74) is 11.5. The molecule has 56 heavy (non-hydrogen) atoms. The van der Waals surface area contributed by atoms with E-state index in [1.54, 1.807) is 0 Å². The zero-order chi connectivity index (χ0) is 37.0. The van der Waals surface area contributed by atoms with Crippen LogP contribution < -0.4 is 0 Å². The van der Waals surface area contributed by atoms with E-state index < -0.39 is 0 Å². The van der Waals surface area contributed by atoms with E-state index in [2.05, 4.69) is 152 Å². The number of aromatic nitrogens is 3. The van der Waals surface area contributed by atoms with Crippen molar-refractivity contribution in [3.05, 3.63) is 188 Å². The second-order valence-electron chi connectivity index (χ2n) is 14.0. The van der Waals surface area contributed by atoms with Crippen molar-refractivity contribution in [3.63, 3.8) is 0 Å². The van der Waals surface area contributed by atoms with Gasteiger partial charge in [0.05, 0.1) is 0 Å². The van der Waals surface area contributed by atoms with Gasteiger partial charge in [0, 0.05) is 47.6 Å². The lowest BCUT2D eigenvalue weighted by Gasteiger charge is -2.09. The van der Waals surface area contributed by atoms with Crippen molar-refractivity contribution < 1.29 is 4.42 Å². The predicted molar refractivity (Wildman–Crippen MR) is 233 cm³/mol. The maximum Gasteiger partial charge on any atom is 0.164 e. The summed E-state index contributed by atoms with van der Waals surface area (Å²) in [7, 11) is 0. The van der Waals surface area contributed by atoms with Gasteiger partial charge in [-0.1, -0.05) is 146 Å². The Kier molecular flexibility index (Phi) is 7.64. The monoisotopic (exact) mass is 733 g/mol. The van der Waals surface area contributed by atoms with Crippen molar-refractivity contribution in [1.82, 2.24) is 15.0 Å². The van der Waals surface area contributed by atoms with Crippen molar-refractivity contribution in [2.45, 2.75) is 0 Å². The van der Waals surface area contributed by atoms with Crippen LogP contribution in [0.2, 0.25) is 0 Å². The fraction of sp³-hybridized carbons (Fsp3) is 0. The van der Waals surface area contributed by atoms with Crippen LogP contribution in [0.3, 0.4) is 0 Å². The summed E-state index contributed by atoms with van der Waals surface area (Å²) in [6.07, 6.45) is 0. The second-order valence-corrected chi connectivity index (χ2v) is 15.1. The maximum absolute atomic E-state index is 6.50. The number of rotatable bonds is 6. The molecule has 11 aromatic rings. The van der Waals surface area contributed by atoms with Gasteiger partial charge in [-0.15, -0.1) is 11.3 Å². The predicted octanol–water partition coefficient (Wildman–Crippen LogP) is 14.1. The molecule has 0 bridgehead atoms. The quantitative estimate of drug-likeness (QED) is 0.171. The highest BCUT2D eigenvalue weighted by Crippen LogP contribution is 2.42. The highest BCUT2D eigenvalue weighted by atomic mass is 32.1. The van der Waals surface area contributed by atoms with E-state index >= 15 is 0 Å². The summed E-state index contributed by atoms with van der Waals surface area (Å²) in [6, 6.07) is 65.8. The lowest BCUT2D eigenvalue weighted by molar-refractivity contribution is 0.669. The SMILES string of the molecule is c1ccc(-c2ccc(-c3nc(-c4ccccc4)nc(-c4ccc5c(c4)oc4ccc(-c6ccc7sc8cccc(-c9ccccc9)c8c7c6)cc45)n3)cc2)cc1. The molecule has 3 heterocycles. The van der Waals surface area contributed by atoms with Crippen molar-refractivity contribution >= 4 is 53.4 Å². The Morgan fingerprint density at radius 1 is 0.321 bits per heavy atom. The van der Waals surface area contributed by atoms with Crippen LogP contribution in [0.25, 0.3) is 110 Å². The molecule has 0 unspecified atom stereocenters. The summed E-state index contributed by atoms with van der Waals surface area (Å²) >= 11 is 1.85. The van der Waals surface area contributed by atoms with Gasteiger partial charge in [-0.25, -0.2) is 15.0 Å². The van der Waals surface area contributed by atoms with Gasteiger partial charge in [-0.3, -0.25) is 0 Å². The standard InChI is InChI=1S/C51H31N3OS/c1-4-11-32(12-5-1)33-19-21-36(22-20-33)50-52-49(35-15-8-3-9-16-35)53-51(54-50)39-23-26-41-42-29-37(24-27-44(42)55-45(41)31-39)38-25-28-46-43(30-38)48-40(17-10-18-47(48)56-46)34-13-6-2-7-14-34/h1-31H. The third-order valence-electron chi connectivity index (χ3n) is 10.6. The first-order valence-electron chi connectivity index (χ1n) is 18.7. The Bertz CT molecular complexity index is 3230. The first-order chi connectivity index (χ1) is 27.7. The minimum atomic E-state index is 0.593. The summed E-state index contributed by atoms with van der Waals surface area (Å²) in [4.78, 5) is 14.9. The van der Waals surface area contributed by atoms with E-state index in [9.17, 15) is 0 Å². The van der Waals surface area contributed by atoms with E-state index in [1.165, 1.54) is 42.4 Å². The van der Waals surface area contributed by atoms with Gasteiger partial charge in [0.1, 0.15) is 11.2 Å². The molecular weight excluding hydrogens is 703 g/mol. The molecule has 0 saturated heterocycles. The Hall–Kier alpha value is -7.21. The van der Waals surface area contributed by atoms with Crippen LogP contribution >= 0.6 is 11.3 Å². The first-order valence-corrected chi connectivity index (χ1v) is 19.5. The molecule has 0 aliphatic carbocycles. The molecule has 0 amide bonds. The van der Waals surface area contributed by atoms with Crippen molar-refractivity contribution in [2.75, 3.05) is 0 Å². The summed E-state index contributed by atoms with van der Waals surface area (Å²) in [5, 5.41) is 4.71. The fourth-order valence-corrected chi connectivity index (χ4v) is 8.87. The number of benzene rings is 8. The van der Waals surface area contributed by atoms with Gasteiger partial charge < -0.3 is 4.42 Å². The molecule has 5 heteroatoms. The number of hydrogen-bond acceptors (Lipinski definition) is 5. The van der Waals surface area contributed by atoms with Crippen molar-refractivity contribution in [3.8, 4) is 67.5 Å². The number of hydrogen-bond donors (Lipinski definition) is 0. The molecule has 4 nitrogen and oxygen atoms in total. The zero-order valence-electron chi connectivity index (χ0n) is 30.1. The Morgan fingerprint density at radius 3 is 1.57 bits per heavy atom. The van der Waals surface area contributed by atoms with Crippen LogP contribution in [0.5, 0.6) is 0 Å². The number of furan rings is 1. The Labute approximate surface area is 327 Å². The van der Waals surface area contributed by atoms with E-state index in [4.69, 9.17) is 19.4 Å². The van der Waals surface area contributed by atoms with Crippen LogP contribution in [-0.4, -0.2) is 15.0 Å². The Morgan fingerprint density at radius 2 is 0.857 bits per heavy atom. The lowest BCUT2D eigenvalue weighted by atomic mass is 9.97. The van der Waals surface area contributed by atoms with Gasteiger partial charge in [-0.2, -0.15) is 0 Å². The number of thiophene rings is 1. The molecule has 0 N–H and O–H groups in total. The number of nitrogens with zero attached hydrogens (tertiary/aromatic N) is 3. The zero-order valence-corrected chi connectivity index (χ0v) is 30.9. The summed E-state index contributed by atoms with van der Waals surface area (Å²) in [6.45, 7) is 0. The van der Waals surface area contributed by atoms with Gasteiger partial charge in [0.15, 0.2) is 17.5 Å². The first kappa shape index (κ1) is 32.2. The second kappa shape index (κ2) is 13.3. The molecule has 262 valence electrons. The fourth-order valence-electron chi connectivity index (χ4n) is 7.75. The molecular formula is C51H31N3OS. The molecule has 0 radical (unpaired) electrons. The minimum Gasteiger partial charge on any atom is -0.456 e. The van der Waals surface area contributed by atoms with Crippen LogP contribution in [0, 0.1) is 0 Å². The van der Waals surface area contributed by atoms with Gasteiger partial charge >= 0.3 is 0 Å². The molecule has 0 saturated carbocycles. The molecule has 0 fully saturated rings. The van der Waals surface area contributed by atoms with Crippen LogP contribution in [0.15, 0.2) is 192 Å². The van der Waals surface area contributed by atoms with E-state index in [1.807, 2.05) is 47.7 Å². The molecule has 11 rings (SSSR count). The molecule has 0 aliphatic rings. The third kappa shape index (κ3) is 5.65. The minimum absolute atomic E-state index is 0.593. The Balaban J connectivity index is 0.987. The smallest absolute Gasteiger partial charge is 0.164 e. The third-order valence-corrected chi connectivity index (χ3v) is 11.7. The van der Waals surface area contributed by atoms with Gasteiger partial charge in [-0.05, 0) is 75.8 Å². The molecule has 0 atom stereocenters. The lowest BCUT2D eigenvalue weighted by Crippen LogP contribution is -2.00. The molecule has 0 spiro atoms. The molecule has 0 aliphatic heterocycles. The van der Waals surface area contributed by atoms with Gasteiger partial charge in [0.25, 0.3) is 0 Å². The van der Waals surface area contributed by atoms with Crippen molar-refractivity contribution in [2.24, 2.45) is 0 Å². The van der Waals surface area contributed by atoms with Crippen LogP contribution in [-0.2, 0) is 0 Å². The largest absolute Gasteiger partial charge is 0.456 e. The highest BCUT2D eigenvalue weighted by Gasteiger charge is 2.17. The van der Waals surface area contributed by atoms with Crippen LogP contribution in [0.1, 0.15) is 0 Å². The van der Waals surface area contributed by atoms with Crippen molar-refractivity contribution in [1.29, 1.82) is 0 Å². The van der Waals surface area contributed by atoms with Crippen LogP contribution in [0.4, 0.5) is 0 Å². The summed E-state index contributed by atoms with van der Waals surface area (Å²) < 4.78 is 9.09. The van der Waals surface area contributed by atoms with E-state index in [0.29, 0.717) is 17.5 Å². The highest BCUT2D eigenvalue weighted by molar-refractivity contribution is 7.26. The van der Waals surface area contributed by atoms with E-state index in [0.717, 1.165) is 49.8 Å². The molecule has 3 aromatic heterocycles. The van der Waals surface area contributed by atoms with E-state index in [-0.39, 0.29) is 0 Å². The molecule has 8 aromatic carbocycles. The summed E-state index contributed by atoms with van der Waals surface area (Å²) in [5.74, 6) is 1.84. The average molecular weight is 734 g/mol. The topological polar surface area (TPSA) is 51.8 Å². The normalized spacial score (nSPS) is 11.6. The van der Waals surface area contributed by atoms with Gasteiger partial charge in [0.2, 0.25) is 0 Å².